The highest BCUT2D eigenvalue weighted by Crippen LogP contribution is 2.35. The zero-order valence-corrected chi connectivity index (χ0v) is 10.2. The third-order valence-electron chi connectivity index (χ3n) is 1.71. The van der Waals surface area contributed by atoms with E-state index in [4.69, 9.17) is 4.74 Å². The van der Waals surface area contributed by atoms with Crippen LogP contribution in [0.15, 0.2) is 24.3 Å². The van der Waals surface area contributed by atoms with Crippen LogP contribution in [0.4, 0.5) is 22.0 Å². The molecule has 3 nitrogen and oxygen atoms in total. The third kappa shape index (κ3) is 6.32. The smallest absolute Gasteiger partial charge is 0.455 e. The molecule has 0 spiro atoms. The molecule has 0 aromatic carbocycles. The summed E-state index contributed by atoms with van der Waals surface area (Å²) in [6.45, 7) is 5.97. The quantitative estimate of drug-likeness (QED) is 0.313. The van der Waals surface area contributed by atoms with Crippen LogP contribution in [0.1, 0.15) is 6.92 Å². The summed E-state index contributed by atoms with van der Waals surface area (Å²) in [6, 6.07) is 0. The van der Waals surface area contributed by atoms with Gasteiger partial charge in [-0.25, -0.2) is 4.79 Å². The monoisotopic (exact) mass is 288 g/mol. The van der Waals surface area contributed by atoms with Crippen molar-refractivity contribution in [3.8, 4) is 0 Å². The molecule has 110 valence electrons. The van der Waals surface area contributed by atoms with E-state index in [1.807, 2.05) is 0 Å². The van der Waals surface area contributed by atoms with Gasteiger partial charge in [0.2, 0.25) is 0 Å². The summed E-state index contributed by atoms with van der Waals surface area (Å²) >= 11 is 0. The number of hydrogen-bond acceptors (Lipinski definition) is 3. The Bertz CT molecular complexity index is 360. The predicted octanol–water partition coefficient (Wildman–Crippen LogP) is 2.88. The Morgan fingerprint density at radius 1 is 1.11 bits per heavy atom. The highest BCUT2D eigenvalue weighted by Gasteiger charge is 2.58. The number of rotatable bonds is 7. The highest BCUT2D eigenvalue weighted by molar-refractivity contribution is 5.88. The zero-order valence-electron chi connectivity index (χ0n) is 10.2. The molecule has 0 rings (SSSR count). The van der Waals surface area contributed by atoms with E-state index in [-0.39, 0.29) is 18.8 Å². The Labute approximate surface area is 106 Å². The second-order valence-corrected chi connectivity index (χ2v) is 3.83. The third-order valence-corrected chi connectivity index (χ3v) is 1.71. The van der Waals surface area contributed by atoms with Gasteiger partial charge in [0.15, 0.2) is 6.61 Å². The van der Waals surface area contributed by atoms with Crippen LogP contribution < -0.4 is 0 Å². The lowest BCUT2D eigenvalue weighted by molar-refractivity contribution is -0.293. The molecule has 0 radical (unpaired) electrons. The molecule has 0 saturated heterocycles. The molecule has 0 fully saturated rings. The van der Waals surface area contributed by atoms with E-state index in [0.717, 1.165) is 0 Å². The van der Waals surface area contributed by atoms with E-state index >= 15 is 0 Å². The first kappa shape index (κ1) is 17.6. The Hall–Kier alpha value is -1.44. The fraction of sp³-hybridized carbons (Fsp3) is 0.545. The minimum absolute atomic E-state index is 0.102. The minimum Gasteiger partial charge on any atom is -0.455 e. The summed E-state index contributed by atoms with van der Waals surface area (Å²) in [5, 5.41) is 0. The molecule has 0 amide bonds. The van der Waals surface area contributed by atoms with Crippen molar-refractivity contribution >= 4 is 5.97 Å². The molecule has 0 aromatic rings. The average molecular weight is 288 g/mol. The Balaban J connectivity index is 4.18. The number of carbonyl (C=O) groups excluding carboxylic acids is 1. The van der Waals surface area contributed by atoms with Gasteiger partial charge in [-0.3, -0.25) is 0 Å². The number of carbonyl (C=O) groups is 1. The van der Waals surface area contributed by atoms with Gasteiger partial charge in [0.05, 0.1) is 18.8 Å². The van der Waals surface area contributed by atoms with E-state index in [1.165, 1.54) is 0 Å². The SMILES string of the molecule is C=C(C)COCC(=C)C(=O)OCC(F)(F)C(F)(F)F. The van der Waals surface area contributed by atoms with Crippen molar-refractivity contribution in [1.29, 1.82) is 0 Å². The van der Waals surface area contributed by atoms with Crippen LogP contribution in [-0.2, 0) is 14.3 Å². The van der Waals surface area contributed by atoms with Gasteiger partial charge in [-0.1, -0.05) is 18.7 Å². The summed E-state index contributed by atoms with van der Waals surface area (Å²) in [6.07, 6.45) is -5.77. The number of alkyl halides is 5. The molecule has 0 aromatic heterocycles. The van der Waals surface area contributed by atoms with Crippen LogP contribution in [0.5, 0.6) is 0 Å². The standard InChI is InChI=1S/C11H13F5O3/c1-7(2)4-18-5-8(3)9(17)19-6-10(12,13)11(14,15)16/h1,3-6H2,2H3. The fourth-order valence-corrected chi connectivity index (χ4v) is 0.747. The van der Waals surface area contributed by atoms with Crippen molar-refractivity contribution in [1.82, 2.24) is 0 Å². The maximum Gasteiger partial charge on any atom is 0.456 e. The van der Waals surface area contributed by atoms with Gasteiger partial charge >= 0.3 is 18.1 Å². The van der Waals surface area contributed by atoms with Gasteiger partial charge in [0.1, 0.15) is 0 Å². The lowest BCUT2D eigenvalue weighted by Gasteiger charge is -2.19. The number of esters is 1. The number of hydrogen-bond donors (Lipinski definition) is 0. The van der Waals surface area contributed by atoms with Crippen LogP contribution in [0.2, 0.25) is 0 Å². The first-order valence-electron chi connectivity index (χ1n) is 4.99. The molecule has 0 aliphatic rings. The van der Waals surface area contributed by atoms with Crippen LogP contribution in [0.3, 0.4) is 0 Å². The Kier molecular flexibility index (Phi) is 6.14. The summed E-state index contributed by atoms with van der Waals surface area (Å²) in [4.78, 5) is 11.1. The van der Waals surface area contributed by atoms with E-state index < -0.39 is 24.7 Å². The van der Waals surface area contributed by atoms with Gasteiger partial charge in [0.25, 0.3) is 0 Å². The van der Waals surface area contributed by atoms with E-state index in [9.17, 15) is 26.7 Å². The second kappa shape index (κ2) is 6.65. The number of halogens is 5. The summed E-state index contributed by atoms with van der Waals surface area (Å²) in [7, 11) is 0. The van der Waals surface area contributed by atoms with Crippen molar-refractivity contribution < 1.29 is 36.2 Å². The maximum atomic E-state index is 12.4. The van der Waals surface area contributed by atoms with Gasteiger partial charge in [-0.2, -0.15) is 22.0 Å². The molecule has 0 aliphatic carbocycles. The molecule has 0 N–H and O–H groups in total. The molecule has 0 aliphatic heterocycles. The second-order valence-electron chi connectivity index (χ2n) is 3.83. The first-order valence-corrected chi connectivity index (χ1v) is 4.99. The van der Waals surface area contributed by atoms with Crippen LogP contribution >= 0.6 is 0 Å². The first-order chi connectivity index (χ1) is 8.47. The molecular formula is C11H13F5O3. The lowest BCUT2D eigenvalue weighted by Crippen LogP contribution is -2.41. The van der Waals surface area contributed by atoms with E-state index in [1.54, 1.807) is 6.92 Å². The molecule has 0 atom stereocenters. The van der Waals surface area contributed by atoms with Crippen LogP contribution in [0.25, 0.3) is 0 Å². The van der Waals surface area contributed by atoms with Gasteiger partial charge in [-0.15, -0.1) is 0 Å². The molecule has 0 heterocycles. The molecule has 19 heavy (non-hydrogen) atoms. The average Bonchev–Trinajstić information content (AvgIpc) is 2.23. The summed E-state index contributed by atoms with van der Waals surface area (Å²) < 4.78 is 68.9. The lowest BCUT2D eigenvalue weighted by atomic mass is 10.3. The van der Waals surface area contributed by atoms with Gasteiger partial charge < -0.3 is 9.47 Å². The van der Waals surface area contributed by atoms with Gasteiger partial charge in [-0.05, 0) is 6.92 Å². The molecule has 0 saturated carbocycles. The molecule has 8 heteroatoms. The van der Waals surface area contributed by atoms with Crippen LogP contribution in [0, 0.1) is 0 Å². The molecule has 0 bridgehead atoms. The maximum absolute atomic E-state index is 12.4. The molecular weight excluding hydrogens is 275 g/mol. The van der Waals surface area contributed by atoms with Crippen molar-refractivity contribution in [3.63, 3.8) is 0 Å². The Morgan fingerprint density at radius 3 is 2.05 bits per heavy atom. The van der Waals surface area contributed by atoms with E-state index in [0.29, 0.717) is 5.57 Å². The predicted molar refractivity (Wildman–Crippen MR) is 56.7 cm³/mol. The van der Waals surface area contributed by atoms with Crippen molar-refractivity contribution in [2.45, 2.75) is 19.0 Å². The largest absolute Gasteiger partial charge is 0.456 e. The Morgan fingerprint density at radius 2 is 1.63 bits per heavy atom. The summed E-state index contributed by atoms with van der Waals surface area (Å²) in [5.41, 5.74) is 0.281. The highest BCUT2D eigenvalue weighted by atomic mass is 19.4. The van der Waals surface area contributed by atoms with E-state index in [2.05, 4.69) is 17.9 Å². The topological polar surface area (TPSA) is 35.5 Å². The van der Waals surface area contributed by atoms with Gasteiger partial charge in [0, 0.05) is 0 Å². The van der Waals surface area contributed by atoms with Crippen molar-refractivity contribution in [2.75, 3.05) is 19.8 Å². The van der Waals surface area contributed by atoms with Crippen LogP contribution in [-0.4, -0.2) is 37.9 Å². The normalized spacial score (nSPS) is 12.1. The minimum atomic E-state index is -5.77. The fourth-order valence-electron chi connectivity index (χ4n) is 0.747. The van der Waals surface area contributed by atoms with Crippen molar-refractivity contribution in [2.24, 2.45) is 0 Å². The van der Waals surface area contributed by atoms with Crippen molar-refractivity contribution in [3.05, 3.63) is 24.3 Å². The zero-order chi connectivity index (χ0) is 15.3. The number of ether oxygens (including phenoxy) is 2. The summed E-state index contributed by atoms with van der Waals surface area (Å²) in [5.74, 6) is -6.47. The molecule has 0 unspecified atom stereocenters.